The number of rotatable bonds is 21. The first-order chi connectivity index (χ1) is 28.8. The Morgan fingerprint density at radius 1 is 0.934 bits per heavy atom. The summed E-state index contributed by atoms with van der Waals surface area (Å²) in [6.45, 7) is 11.3. The molecule has 11 unspecified atom stereocenters. The van der Waals surface area contributed by atoms with E-state index in [9.17, 15) is 55.2 Å². The molecule has 1 amide bonds. The fraction of sp³-hybridized carbons (Fsp3) is 0.891. The van der Waals surface area contributed by atoms with Crippen molar-refractivity contribution in [2.45, 2.75) is 180 Å². The second-order valence-corrected chi connectivity index (χ2v) is 20.2. The minimum Gasteiger partial charge on any atom is -0.394 e. The number of amides is 1. The smallest absolute Gasteiger partial charge is 0.252 e. The van der Waals surface area contributed by atoms with E-state index in [1.807, 2.05) is 0 Å². The Morgan fingerprint density at radius 3 is 2.31 bits per heavy atom. The third-order valence-corrected chi connectivity index (χ3v) is 15.9. The Bertz CT molecular complexity index is 1510. The molecular formula is C46H77NO14. The molecule has 0 radical (unpaired) electrons. The van der Waals surface area contributed by atoms with E-state index in [4.69, 9.17) is 14.2 Å². The maximum absolute atomic E-state index is 13.0. The van der Waals surface area contributed by atoms with Crippen molar-refractivity contribution in [2.24, 2.45) is 52.3 Å². The van der Waals surface area contributed by atoms with Gasteiger partial charge in [0.2, 0.25) is 0 Å². The molecule has 0 aromatic carbocycles. The number of carbonyl (C=O) groups is 3. The average molecular weight is 868 g/mol. The number of hydrogen-bond donors (Lipinski definition) is 9. The lowest BCUT2D eigenvalue weighted by Gasteiger charge is -2.58. The number of aliphatic hydroxyl groups excluding tert-OH is 8. The summed E-state index contributed by atoms with van der Waals surface area (Å²) in [6.07, 6.45) is -2.01. The lowest BCUT2D eigenvalue weighted by Crippen LogP contribution is -2.62. The van der Waals surface area contributed by atoms with Gasteiger partial charge in [0.15, 0.2) is 18.2 Å². The number of nitrogens with one attached hydrogen (secondary N) is 1. The van der Waals surface area contributed by atoms with E-state index in [-0.39, 0.29) is 30.3 Å². The first-order valence-corrected chi connectivity index (χ1v) is 23.0. The minimum absolute atomic E-state index is 0.0459. The molecule has 18 atom stereocenters. The number of allylic oxidation sites excluding steroid dienone is 1. The highest BCUT2D eigenvalue weighted by Gasteiger charge is 2.59. The van der Waals surface area contributed by atoms with Crippen molar-refractivity contribution in [1.82, 2.24) is 5.32 Å². The summed E-state index contributed by atoms with van der Waals surface area (Å²) in [7, 11) is 0. The lowest BCUT2D eigenvalue weighted by atomic mass is 9.47. The van der Waals surface area contributed by atoms with E-state index in [2.05, 4.69) is 46.0 Å². The first kappa shape index (κ1) is 50.1. The van der Waals surface area contributed by atoms with E-state index < -0.39 is 92.5 Å². The fourth-order valence-corrected chi connectivity index (χ4v) is 12.2. The van der Waals surface area contributed by atoms with Crippen molar-refractivity contribution < 1.29 is 69.4 Å². The minimum atomic E-state index is -2.32. The predicted octanol–water partition coefficient (Wildman–Crippen LogP) is 1.95. The molecule has 0 aromatic rings. The van der Waals surface area contributed by atoms with Crippen LogP contribution in [-0.4, -0.2) is 146 Å². The molecule has 61 heavy (non-hydrogen) atoms. The van der Waals surface area contributed by atoms with Gasteiger partial charge in [0.05, 0.1) is 32.5 Å². The van der Waals surface area contributed by atoms with E-state index in [0.29, 0.717) is 17.3 Å². The summed E-state index contributed by atoms with van der Waals surface area (Å²) in [4.78, 5) is 38.5. The molecule has 0 aromatic heterocycles. The van der Waals surface area contributed by atoms with Crippen LogP contribution in [0.15, 0.2) is 11.6 Å². The molecule has 4 aliphatic carbocycles. The molecule has 3 saturated carbocycles. The lowest BCUT2D eigenvalue weighted by molar-refractivity contribution is -0.326. The number of carbonyl (C=O) groups excluding carboxylic acids is 3. The molecular weight excluding hydrogens is 790 g/mol. The average Bonchev–Trinajstić information content (AvgIpc) is 3.59. The topological polar surface area (TPSA) is 253 Å². The van der Waals surface area contributed by atoms with Gasteiger partial charge in [-0.15, -0.1) is 0 Å². The second-order valence-electron chi connectivity index (χ2n) is 20.2. The van der Waals surface area contributed by atoms with Crippen LogP contribution in [0.25, 0.3) is 0 Å². The zero-order valence-electron chi connectivity index (χ0n) is 37.2. The molecule has 0 bridgehead atoms. The van der Waals surface area contributed by atoms with E-state index in [1.54, 1.807) is 0 Å². The van der Waals surface area contributed by atoms with Gasteiger partial charge in [-0.3, -0.25) is 14.4 Å². The van der Waals surface area contributed by atoms with Crippen LogP contribution in [-0.2, 0) is 28.6 Å². The summed E-state index contributed by atoms with van der Waals surface area (Å²) >= 11 is 0. The third-order valence-electron chi connectivity index (χ3n) is 15.9. The highest BCUT2D eigenvalue weighted by Crippen LogP contribution is 2.67. The van der Waals surface area contributed by atoms with Crippen LogP contribution < -0.4 is 5.32 Å². The number of aliphatic hydroxyl groups is 8. The van der Waals surface area contributed by atoms with Gasteiger partial charge in [0, 0.05) is 12.3 Å². The summed E-state index contributed by atoms with van der Waals surface area (Å²) in [5.41, 5.74) is 2.03. The summed E-state index contributed by atoms with van der Waals surface area (Å²) in [6, 6.07) is 0. The van der Waals surface area contributed by atoms with Gasteiger partial charge in [-0.25, -0.2) is 0 Å². The standard InChI is InChI=1S/C46H77NO14/c1-24(2)8-7-9-25(3)32-12-13-33-31-11-10-28-19-30(14-16-45(28,5)34(31)15-17-46(32,33)6)59-23-27(26(4)50)18-29(51)20-47-43(58)40(56)39(55)42(35(52)21-48)61-44-41(57)38(54)37(53)36(22-49)60-44/h10,24-25,27,30-42,44,48-49,52-57H,7-9,11-23H2,1-6H3,(H,47,58)/t25-,27?,30?,31+,32-,33+,34+,35?,36?,37?,38?,39?,40?,41?,42?,44?,45+,46-/m1/s1. The van der Waals surface area contributed by atoms with Crippen LogP contribution in [0.1, 0.15) is 119 Å². The molecule has 5 aliphatic rings. The van der Waals surface area contributed by atoms with Crippen molar-refractivity contribution in [3.63, 3.8) is 0 Å². The Hall–Kier alpha value is -1.89. The second kappa shape index (κ2) is 21.4. The highest BCUT2D eigenvalue weighted by molar-refractivity contribution is 5.91. The van der Waals surface area contributed by atoms with Crippen LogP contribution in [0.3, 0.4) is 0 Å². The van der Waals surface area contributed by atoms with Gasteiger partial charge in [0.25, 0.3) is 5.91 Å². The maximum Gasteiger partial charge on any atom is 0.252 e. The van der Waals surface area contributed by atoms with Crippen LogP contribution >= 0.6 is 0 Å². The van der Waals surface area contributed by atoms with Gasteiger partial charge in [-0.05, 0) is 105 Å². The number of ketones is 2. The van der Waals surface area contributed by atoms with E-state index in [1.165, 1.54) is 57.4 Å². The van der Waals surface area contributed by atoms with E-state index in [0.717, 1.165) is 49.4 Å². The molecule has 0 spiro atoms. The van der Waals surface area contributed by atoms with Crippen molar-refractivity contribution >= 4 is 17.5 Å². The van der Waals surface area contributed by atoms with Crippen molar-refractivity contribution in [3.05, 3.63) is 11.6 Å². The summed E-state index contributed by atoms with van der Waals surface area (Å²) in [5, 5.41) is 83.3. The van der Waals surface area contributed by atoms with Gasteiger partial charge in [0.1, 0.15) is 48.5 Å². The van der Waals surface area contributed by atoms with Gasteiger partial charge < -0.3 is 60.4 Å². The molecule has 1 aliphatic heterocycles. The predicted molar refractivity (Wildman–Crippen MR) is 223 cm³/mol. The Balaban J connectivity index is 1.10. The number of hydrogen-bond acceptors (Lipinski definition) is 14. The number of Topliss-reactive ketones (excluding diaryl/α,β-unsaturated/α-hetero) is 2. The van der Waals surface area contributed by atoms with Crippen LogP contribution in [0.2, 0.25) is 0 Å². The van der Waals surface area contributed by atoms with Gasteiger partial charge in [-0.1, -0.05) is 65.5 Å². The van der Waals surface area contributed by atoms with Crippen molar-refractivity contribution in [1.29, 1.82) is 0 Å². The number of ether oxygens (including phenoxy) is 3. The van der Waals surface area contributed by atoms with Gasteiger partial charge >= 0.3 is 0 Å². The fourth-order valence-electron chi connectivity index (χ4n) is 12.2. The largest absolute Gasteiger partial charge is 0.394 e. The Labute approximate surface area is 361 Å². The SMILES string of the molecule is CC(=O)C(COC1CC[C@@]2(C)C(=CC[C@H]3[C@@H]4CC[C@H]([C@H](C)CCCC(C)C)[C@@]4(C)CC[C@@H]32)C1)CC(=O)CNC(=O)C(O)C(O)C(OC1OC(CO)C(O)C(O)C1O)C(O)CO. The Morgan fingerprint density at radius 2 is 1.66 bits per heavy atom. The van der Waals surface area contributed by atoms with Crippen molar-refractivity contribution in [2.75, 3.05) is 26.4 Å². The third kappa shape index (κ3) is 11.1. The molecule has 5 rings (SSSR count). The van der Waals surface area contributed by atoms with Crippen LogP contribution in [0.5, 0.6) is 0 Å². The first-order valence-electron chi connectivity index (χ1n) is 23.0. The maximum atomic E-state index is 13.0. The summed E-state index contributed by atoms with van der Waals surface area (Å²) < 4.78 is 16.9. The molecule has 350 valence electrons. The molecule has 1 heterocycles. The van der Waals surface area contributed by atoms with Crippen LogP contribution in [0.4, 0.5) is 0 Å². The molecule has 15 heteroatoms. The Kier molecular flexibility index (Phi) is 17.6. The zero-order valence-corrected chi connectivity index (χ0v) is 37.2. The number of fused-ring (bicyclic) bond motifs is 5. The highest BCUT2D eigenvalue weighted by atomic mass is 16.7. The van der Waals surface area contributed by atoms with Gasteiger partial charge in [-0.2, -0.15) is 0 Å². The van der Waals surface area contributed by atoms with Crippen LogP contribution in [0, 0.1) is 52.3 Å². The summed E-state index contributed by atoms with van der Waals surface area (Å²) in [5.74, 6) is 1.74. The van der Waals surface area contributed by atoms with Crippen molar-refractivity contribution in [3.8, 4) is 0 Å². The van der Waals surface area contributed by atoms with E-state index >= 15 is 0 Å². The zero-order chi connectivity index (χ0) is 45.0. The molecule has 9 N–H and O–H groups in total. The molecule has 4 fully saturated rings. The normalized spacial score (nSPS) is 37.9. The molecule has 1 saturated heterocycles. The quantitative estimate of drug-likeness (QED) is 0.0749. The molecule has 15 nitrogen and oxygen atoms in total. The monoisotopic (exact) mass is 868 g/mol.